The van der Waals surface area contributed by atoms with Crippen molar-refractivity contribution in [2.24, 2.45) is 9.98 Å². The highest BCUT2D eigenvalue weighted by molar-refractivity contribution is 5.85. The fourth-order valence-corrected chi connectivity index (χ4v) is 3.12. The van der Waals surface area contributed by atoms with Crippen molar-refractivity contribution in [3.63, 3.8) is 0 Å². The molecule has 0 spiro atoms. The number of hydrogen-bond donors (Lipinski definition) is 0. The van der Waals surface area contributed by atoms with E-state index >= 15 is 0 Å². The number of hydrogen-bond acceptors (Lipinski definition) is 4. The van der Waals surface area contributed by atoms with Gasteiger partial charge in [-0.25, -0.2) is 9.98 Å². The van der Waals surface area contributed by atoms with Crippen molar-refractivity contribution >= 4 is 12.4 Å². The molecular weight excluding hydrogens is 324 g/mol. The Morgan fingerprint density at radius 3 is 1.42 bits per heavy atom. The summed E-state index contributed by atoms with van der Waals surface area (Å²) >= 11 is 0. The van der Waals surface area contributed by atoms with Gasteiger partial charge in [0.05, 0.1) is 0 Å². The van der Waals surface area contributed by atoms with Crippen LogP contribution in [0.5, 0.6) is 11.5 Å². The summed E-state index contributed by atoms with van der Waals surface area (Å²) < 4.78 is 12.0. The first-order valence-corrected chi connectivity index (χ1v) is 8.54. The van der Waals surface area contributed by atoms with E-state index < -0.39 is 0 Å². The zero-order valence-corrected chi connectivity index (χ0v) is 13.9. The number of benzene rings is 3. The molecule has 3 aromatic rings. The molecule has 0 amide bonds. The molecule has 2 aliphatic heterocycles. The standard InChI is InChI=1S/C22H16N2O2/c1-3-7-19-17(5-1)13-23-21(25-19)15-9-11-16(12-10-15)22-24-14-18-6-2-4-8-20(18)26-22/h1-14,21-22H. The number of ether oxygens (including phenoxy) is 2. The van der Waals surface area contributed by atoms with Crippen LogP contribution in [0.1, 0.15) is 34.7 Å². The van der Waals surface area contributed by atoms with E-state index in [1.807, 2.05) is 85.2 Å². The summed E-state index contributed by atoms with van der Waals surface area (Å²) in [6, 6.07) is 23.9. The molecule has 4 heteroatoms. The first kappa shape index (κ1) is 14.9. The zero-order chi connectivity index (χ0) is 17.3. The normalized spacial score (nSPS) is 19.8. The molecule has 0 aliphatic carbocycles. The molecule has 5 rings (SSSR count). The summed E-state index contributed by atoms with van der Waals surface area (Å²) in [7, 11) is 0. The van der Waals surface area contributed by atoms with E-state index in [1.54, 1.807) is 0 Å². The van der Waals surface area contributed by atoms with E-state index in [0.717, 1.165) is 33.8 Å². The van der Waals surface area contributed by atoms with Crippen LogP contribution in [0.15, 0.2) is 82.8 Å². The Labute approximate surface area is 151 Å². The van der Waals surface area contributed by atoms with Gasteiger partial charge >= 0.3 is 0 Å². The Balaban J connectivity index is 1.36. The van der Waals surface area contributed by atoms with Gasteiger partial charge in [0.25, 0.3) is 0 Å². The summed E-state index contributed by atoms with van der Waals surface area (Å²) in [5, 5.41) is 0. The average molecular weight is 340 g/mol. The summed E-state index contributed by atoms with van der Waals surface area (Å²) in [6.07, 6.45) is 3.08. The van der Waals surface area contributed by atoms with Crippen LogP contribution in [0.4, 0.5) is 0 Å². The Hall–Kier alpha value is -3.40. The molecule has 0 radical (unpaired) electrons. The summed E-state index contributed by atoms with van der Waals surface area (Å²) in [5.41, 5.74) is 4.01. The molecule has 126 valence electrons. The molecular formula is C22H16N2O2. The fraction of sp³-hybridized carbons (Fsp3) is 0.0909. The fourth-order valence-electron chi connectivity index (χ4n) is 3.12. The predicted octanol–water partition coefficient (Wildman–Crippen LogP) is 4.71. The van der Waals surface area contributed by atoms with Gasteiger partial charge in [-0.05, 0) is 24.3 Å². The van der Waals surface area contributed by atoms with Crippen LogP contribution in [-0.2, 0) is 0 Å². The Morgan fingerprint density at radius 2 is 0.962 bits per heavy atom. The van der Waals surface area contributed by atoms with Crippen LogP contribution in [0.2, 0.25) is 0 Å². The lowest BCUT2D eigenvalue weighted by Crippen LogP contribution is -2.13. The van der Waals surface area contributed by atoms with E-state index in [0.29, 0.717) is 0 Å². The van der Waals surface area contributed by atoms with Crippen LogP contribution < -0.4 is 9.47 Å². The lowest BCUT2D eigenvalue weighted by atomic mass is 10.1. The van der Waals surface area contributed by atoms with E-state index in [-0.39, 0.29) is 12.5 Å². The maximum atomic E-state index is 5.99. The zero-order valence-electron chi connectivity index (χ0n) is 13.9. The third kappa shape index (κ3) is 2.65. The molecule has 2 heterocycles. The number of aliphatic imine (C=N–C) groups is 2. The summed E-state index contributed by atoms with van der Waals surface area (Å²) in [6.45, 7) is 0. The van der Waals surface area contributed by atoms with Crippen molar-refractivity contribution < 1.29 is 9.47 Å². The first-order chi connectivity index (χ1) is 12.9. The Morgan fingerprint density at radius 1 is 0.538 bits per heavy atom. The molecule has 26 heavy (non-hydrogen) atoms. The molecule has 2 atom stereocenters. The number of para-hydroxylation sites is 2. The van der Waals surface area contributed by atoms with Crippen molar-refractivity contribution in [1.29, 1.82) is 0 Å². The molecule has 4 nitrogen and oxygen atoms in total. The first-order valence-electron chi connectivity index (χ1n) is 8.54. The lowest BCUT2D eigenvalue weighted by Gasteiger charge is -2.23. The van der Waals surface area contributed by atoms with Gasteiger partial charge in [-0.1, -0.05) is 48.5 Å². The molecule has 2 unspecified atom stereocenters. The van der Waals surface area contributed by atoms with Gasteiger partial charge in [-0.15, -0.1) is 0 Å². The minimum Gasteiger partial charge on any atom is -0.464 e. The molecule has 0 N–H and O–H groups in total. The topological polar surface area (TPSA) is 43.2 Å². The van der Waals surface area contributed by atoms with Crippen LogP contribution in [0.3, 0.4) is 0 Å². The van der Waals surface area contributed by atoms with Crippen molar-refractivity contribution in [2.75, 3.05) is 0 Å². The number of nitrogens with zero attached hydrogens (tertiary/aromatic N) is 2. The largest absolute Gasteiger partial charge is 0.464 e. The highest BCUT2D eigenvalue weighted by Gasteiger charge is 2.20. The average Bonchev–Trinajstić information content (AvgIpc) is 2.73. The van der Waals surface area contributed by atoms with Gasteiger partial charge in [0.15, 0.2) is 0 Å². The minimum atomic E-state index is -0.324. The highest BCUT2D eigenvalue weighted by atomic mass is 16.5. The van der Waals surface area contributed by atoms with Gasteiger partial charge < -0.3 is 9.47 Å². The SMILES string of the molecule is C1=NC(c2ccc(C3N=Cc4ccccc4O3)cc2)Oc2ccccc21. The molecule has 0 saturated carbocycles. The maximum absolute atomic E-state index is 5.99. The second-order valence-corrected chi connectivity index (χ2v) is 6.24. The molecule has 3 aromatic carbocycles. The quantitative estimate of drug-likeness (QED) is 0.678. The van der Waals surface area contributed by atoms with Gasteiger partial charge in [-0.2, -0.15) is 0 Å². The minimum absolute atomic E-state index is 0.324. The molecule has 0 bridgehead atoms. The number of fused-ring (bicyclic) bond motifs is 2. The van der Waals surface area contributed by atoms with Crippen LogP contribution in [0.25, 0.3) is 0 Å². The van der Waals surface area contributed by atoms with Gasteiger partial charge in [-0.3, -0.25) is 0 Å². The highest BCUT2D eigenvalue weighted by Crippen LogP contribution is 2.32. The maximum Gasteiger partial charge on any atom is 0.215 e. The smallest absolute Gasteiger partial charge is 0.215 e. The molecule has 2 aliphatic rings. The Kier molecular flexibility index (Phi) is 3.53. The van der Waals surface area contributed by atoms with Crippen molar-refractivity contribution in [1.82, 2.24) is 0 Å². The van der Waals surface area contributed by atoms with E-state index in [2.05, 4.69) is 9.98 Å². The number of rotatable bonds is 2. The predicted molar refractivity (Wildman–Crippen MR) is 101 cm³/mol. The lowest BCUT2D eigenvalue weighted by molar-refractivity contribution is 0.208. The van der Waals surface area contributed by atoms with Crippen molar-refractivity contribution in [2.45, 2.75) is 12.5 Å². The van der Waals surface area contributed by atoms with Gasteiger partial charge in [0.1, 0.15) is 11.5 Å². The van der Waals surface area contributed by atoms with Crippen LogP contribution >= 0.6 is 0 Å². The molecule has 0 saturated heterocycles. The van der Waals surface area contributed by atoms with E-state index in [1.165, 1.54) is 0 Å². The van der Waals surface area contributed by atoms with Gasteiger partial charge in [0, 0.05) is 34.7 Å². The molecule has 0 fully saturated rings. The third-order valence-corrected chi connectivity index (χ3v) is 4.52. The van der Waals surface area contributed by atoms with Crippen molar-refractivity contribution in [3.05, 3.63) is 95.1 Å². The third-order valence-electron chi connectivity index (χ3n) is 4.52. The summed E-state index contributed by atoms with van der Waals surface area (Å²) in [5.74, 6) is 1.71. The van der Waals surface area contributed by atoms with Gasteiger partial charge in [0.2, 0.25) is 12.5 Å². The van der Waals surface area contributed by atoms with E-state index in [4.69, 9.17) is 9.47 Å². The summed E-state index contributed by atoms with van der Waals surface area (Å²) in [4.78, 5) is 9.01. The molecule has 0 aromatic heterocycles. The van der Waals surface area contributed by atoms with E-state index in [9.17, 15) is 0 Å². The second kappa shape index (κ2) is 6.15. The van der Waals surface area contributed by atoms with Crippen LogP contribution in [-0.4, -0.2) is 12.4 Å². The Bertz CT molecular complexity index is 926. The second-order valence-electron chi connectivity index (χ2n) is 6.24. The monoisotopic (exact) mass is 340 g/mol. The van der Waals surface area contributed by atoms with Crippen molar-refractivity contribution in [3.8, 4) is 11.5 Å². The van der Waals surface area contributed by atoms with Crippen LogP contribution in [0, 0.1) is 0 Å².